The van der Waals surface area contributed by atoms with Crippen molar-refractivity contribution in [3.63, 3.8) is 0 Å². The van der Waals surface area contributed by atoms with Gasteiger partial charge in [-0.05, 0) is 37.7 Å². The van der Waals surface area contributed by atoms with Gasteiger partial charge in [-0.1, -0.05) is 5.16 Å². The van der Waals surface area contributed by atoms with E-state index in [0.717, 1.165) is 44.4 Å². The summed E-state index contributed by atoms with van der Waals surface area (Å²) in [5.41, 5.74) is 8.39. The Bertz CT molecular complexity index is 598. The zero-order valence-corrected chi connectivity index (χ0v) is 10.7. The Morgan fingerprint density at radius 2 is 2.32 bits per heavy atom. The lowest BCUT2D eigenvalue weighted by Crippen LogP contribution is -2.44. The summed E-state index contributed by atoms with van der Waals surface area (Å²) >= 11 is 0. The second-order valence-corrected chi connectivity index (χ2v) is 5.78. The highest BCUT2D eigenvalue weighted by molar-refractivity contribution is 5.23. The molecule has 19 heavy (non-hydrogen) atoms. The first-order valence-corrected chi connectivity index (χ1v) is 6.89. The number of rotatable bonds is 2. The van der Waals surface area contributed by atoms with Crippen LogP contribution in [0.2, 0.25) is 0 Å². The molecular weight excluding hydrogens is 242 g/mol. The largest absolute Gasteiger partial charge is 0.339 e. The van der Waals surface area contributed by atoms with E-state index in [1.807, 2.05) is 6.20 Å². The van der Waals surface area contributed by atoms with Crippen LogP contribution in [0.5, 0.6) is 0 Å². The van der Waals surface area contributed by atoms with Crippen molar-refractivity contribution in [2.24, 2.45) is 5.73 Å². The first-order chi connectivity index (χ1) is 9.24. The van der Waals surface area contributed by atoms with Gasteiger partial charge in [0.05, 0.1) is 11.7 Å². The van der Waals surface area contributed by atoms with E-state index in [9.17, 15) is 0 Å². The van der Waals surface area contributed by atoms with Crippen molar-refractivity contribution in [3.05, 3.63) is 29.2 Å². The molecule has 0 aromatic carbocycles. The minimum Gasteiger partial charge on any atom is -0.339 e. The van der Waals surface area contributed by atoms with Crippen LogP contribution in [0.1, 0.15) is 54.6 Å². The number of hydrogen-bond donors (Lipinski definition) is 2. The molecule has 100 valence electrons. The van der Waals surface area contributed by atoms with Gasteiger partial charge in [-0.3, -0.25) is 5.10 Å². The molecule has 2 aliphatic rings. The second kappa shape index (κ2) is 3.90. The zero-order chi connectivity index (χ0) is 12.9. The normalized spacial score (nSPS) is 24.8. The minimum atomic E-state index is -0.338. The van der Waals surface area contributed by atoms with Crippen molar-refractivity contribution in [1.29, 1.82) is 0 Å². The number of nitrogens with two attached hydrogens (primary N) is 1. The van der Waals surface area contributed by atoms with Gasteiger partial charge in [-0.25, -0.2) is 0 Å². The number of nitrogens with one attached hydrogen (secondary N) is 1. The van der Waals surface area contributed by atoms with E-state index < -0.39 is 0 Å². The average molecular weight is 259 g/mol. The Kier molecular flexibility index (Phi) is 2.29. The monoisotopic (exact) mass is 259 g/mol. The molecule has 0 amide bonds. The van der Waals surface area contributed by atoms with Crippen LogP contribution in [0.4, 0.5) is 0 Å². The highest BCUT2D eigenvalue weighted by Crippen LogP contribution is 2.38. The molecule has 2 heterocycles. The Hall–Kier alpha value is -1.69. The van der Waals surface area contributed by atoms with E-state index in [4.69, 9.17) is 10.3 Å². The van der Waals surface area contributed by atoms with Crippen LogP contribution >= 0.6 is 0 Å². The quantitative estimate of drug-likeness (QED) is 0.850. The maximum atomic E-state index is 6.23. The van der Waals surface area contributed by atoms with Crippen LogP contribution in [0, 0.1) is 0 Å². The van der Waals surface area contributed by atoms with Gasteiger partial charge in [0.15, 0.2) is 5.82 Å². The molecule has 2 aromatic rings. The molecular formula is C13H17N5O. The predicted octanol–water partition coefficient (Wildman–Crippen LogP) is 1.40. The number of aromatic amines is 1. The van der Waals surface area contributed by atoms with E-state index in [1.165, 1.54) is 11.3 Å². The van der Waals surface area contributed by atoms with Crippen molar-refractivity contribution < 1.29 is 4.52 Å². The topological polar surface area (TPSA) is 93.6 Å². The molecule has 1 unspecified atom stereocenters. The van der Waals surface area contributed by atoms with Crippen molar-refractivity contribution in [3.8, 4) is 0 Å². The Morgan fingerprint density at radius 3 is 3.11 bits per heavy atom. The van der Waals surface area contributed by atoms with Crippen LogP contribution in [-0.2, 0) is 18.4 Å². The number of fused-ring (bicyclic) bond motifs is 1. The van der Waals surface area contributed by atoms with Gasteiger partial charge in [0.1, 0.15) is 0 Å². The van der Waals surface area contributed by atoms with E-state index >= 15 is 0 Å². The Balaban J connectivity index is 1.57. The summed E-state index contributed by atoms with van der Waals surface area (Å²) in [4.78, 5) is 4.55. The summed E-state index contributed by atoms with van der Waals surface area (Å²) in [6, 6.07) is 0. The molecule has 0 aliphatic heterocycles. The second-order valence-electron chi connectivity index (χ2n) is 5.78. The summed E-state index contributed by atoms with van der Waals surface area (Å²) in [7, 11) is 0. The van der Waals surface area contributed by atoms with Gasteiger partial charge in [0.25, 0.3) is 0 Å². The molecule has 0 radical (unpaired) electrons. The van der Waals surface area contributed by atoms with Crippen molar-refractivity contribution in [2.75, 3.05) is 0 Å². The van der Waals surface area contributed by atoms with E-state index in [1.54, 1.807) is 0 Å². The summed E-state index contributed by atoms with van der Waals surface area (Å²) in [5, 5.41) is 11.2. The first-order valence-electron chi connectivity index (χ1n) is 6.89. The fourth-order valence-corrected chi connectivity index (χ4v) is 3.00. The fraction of sp³-hybridized carbons (Fsp3) is 0.615. The number of H-pyrrole nitrogens is 1. The molecule has 3 N–H and O–H groups in total. The van der Waals surface area contributed by atoms with Gasteiger partial charge < -0.3 is 10.3 Å². The molecule has 0 saturated heterocycles. The lowest BCUT2D eigenvalue weighted by molar-refractivity contribution is 0.228. The molecule has 2 aromatic heterocycles. The van der Waals surface area contributed by atoms with Gasteiger partial charge in [0, 0.05) is 18.0 Å². The lowest BCUT2D eigenvalue weighted by atomic mass is 9.77. The SMILES string of the molecule is NC1(c2noc(C3CCc4cn[nH]c4C3)n2)CCC1. The number of nitrogens with zero attached hydrogens (tertiary/aromatic N) is 3. The summed E-state index contributed by atoms with van der Waals surface area (Å²) in [5.74, 6) is 1.70. The predicted molar refractivity (Wildman–Crippen MR) is 67.4 cm³/mol. The molecule has 0 spiro atoms. The molecule has 1 saturated carbocycles. The standard InChI is InChI=1S/C13H17N5O/c14-13(4-1-5-13)12-16-11(19-18-12)8-2-3-9-7-15-17-10(9)6-8/h7-8H,1-6,14H2,(H,15,17). The molecule has 4 rings (SSSR count). The molecule has 0 bridgehead atoms. The molecule has 2 aliphatic carbocycles. The third-order valence-corrected chi connectivity index (χ3v) is 4.50. The minimum absolute atomic E-state index is 0.290. The van der Waals surface area contributed by atoms with E-state index in [-0.39, 0.29) is 11.5 Å². The Labute approximate surface area is 110 Å². The van der Waals surface area contributed by atoms with Gasteiger partial charge in [-0.2, -0.15) is 10.1 Å². The lowest BCUT2D eigenvalue weighted by Gasteiger charge is -2.34. The van der Waals surface area contributed by atoms with Crippen LogP contribution in [0.15, 0.2) is 10.7 Å². The molecule has 1 fully saturated rings. The third kappa shape index (κ3) is 1.70. The maximum absolute atomic E-state index is 6.23. The fourth-order valence-electron chi connectivity index (χ4n) is 3.00. The van der Waals surface area contributed by atoms with Gasteiger partial charge >= 0.3 is 0 Å². The van der Waals surface area contributed by atoms with Crippen molar-refractivity contribution >= 4 is 0 Å². The summed E-state index contributed by atoms with van der Waals surface area (Å²) < 4.78 is 5.44. The number of aryl methyl sites for hydroxylation is 1. The van der Waals surface area contributed by atoms with Gasteiger partial charge in [0.2, 0.25) is 5.89 Å². The zero-order valence-electron chi connectivity index (χ0n) is 10.7. The third-order valence-electron chi connectivity index (χ3n) is 4.50. The molecule has 6 heteroatoms. The van der Waals surface area contributed by atoms with Crippen LogP contribution < -0.4 is 5.73 Å². The average Bonchev–Trinajstić information content (AvgIpc) is 3.03. The number of aromatic nitrogens is 4. The van der Waals surface area contributed by atoms with Crippen LogP contribution in [0.25, 0.3) is 0 Å². The first kappa shape index (κ1) is 11.2. The van der Waals surface area contributed by atoms with Crippen molar-refractivity contribution in [1.82, 2.24) is 20.3 Å². The van der Waals surface area contributed by atoms with Crippen LogP contribution in [0.3, 0.4) is 0 Å². The highest BCUT2D eigenvalue weighted by atomic mass is 16.5. The van der Waals surface area contributed by atoms with Crippen molar-refractivity contribution in [2.45, 2.75) is 50.0 Å². The highest BCUT2D eigenvalue weighted by Gasteiger charge is 2.39. The van der Waals surface area contributed by atoms with E-state index in [2.05, 4.69) is 20.3 Å². The van der Waals surface area contributed by atoms with Gasteiger partial charge in [-0.15, -0.1) is 0 Å². The Morgan fingerprint density at radius 1 is 1.42 bits per heavy atom. The van der Waals surface area contributed by atoms with Crippen LogP contribution in [-0.4, -0.2) is 20.3 Å². The maximum Gasteiger partial charge on any atom is 0.230 e. The smallest absolute Gasteiger partial charge is 0.230 e. The summed E-state index contributed by atoms with van der Waals surface area (Å²) in [6.07, 6.45) is 7.93. The summed E-state index contributed by atoms with van der Waals surface area (Å²) in [6.45, 7) is 0. The number of hydrogen-bond acceptors (Lipinski definition) is 5. The molecule has 1 atom stereocenters. The molecule has 6 nitrogen and oxygen atoms in total. The van der Waals surface area contributed by atoms with E-state index in [0.29, 0.717) is 5.82 Å².